The molecule has 0 aliphatic carbocycles. The van der Waals surface area contributed by atoms with Crippen LogP contribution in [0.2, 0.25) is 0 Å². The number of pyridine rings is 1. The molecule has 2 aromatic rings. The van der Waals surface area contributed by atoms with Crippen LogP contribution >= 0.6 is 0 Å². The van der Waals surface area contributed by atoms with E-state index in [4.69, 9.17) is 4.99 Å². The second-order valence-electron chi connectivity index (χ2n) is 5.70. The van der Waals surface area contributed by atoms with Crippen molar-refractivity contribution in [3.8, 4) is 0 Å². The van der Waals surface area contributed by atoms with E-state index in [1.807, 2.05) is 25.1 Å². The van der Waals surface area contributed by atoms with Gasteiger partial charge in [-0.1, -0.05) is 12.1 Å². The standard InChI is InChI=1S/C18H16N4O/c1-12-4-2-6-14-17(12)21-16(22-9-8-20-18(14)22)10-15(23)13-5-3-7-19-11-13/h2-7,11H,8-10H2,1H3. The number of Topliss-reactive ketones (excluding diaryl/α,β-unsaturated/α-hetero) is 1. The van der Waals surface area contributed by atoms with Crippen LogP contribution in [-0.2, 0) is 0 Å². The summed E-state index contributed by atoms with van der Waals surface area (Å²) in [6, 6.07) is 9.67. The monoisotopic (exact) mass is 304 g/mol. The summed E-state index contributed by atoms with van der Waals surface area (Å²) in [6.45, 7) is 3.55. The van der Waals surface area contributed by atoms with Crippen LogP contribution in [0.15, 0.2) is 52.7 Å². The first-order chi connectivity index (χ1) is 11.2. The molecule has 0 atom stereocenters. The molecule has 0 saturated carbocycles. The predicted octanol–water partition coefficient (Wildman–Crippen LogP) is 2.77. The highest BCUT2D eigenvalue weighted by Gasteiger charge is 2.30. The fourth-order valence-electron chi connectivity index (χ4n) is 3.01. The van der Waals surface area contributed by atoms with Gasteiger partial charge in [-0.25, -0.2) is 4.99 Å². The van der Waals surface area contributed by atoms with Crippen molar-refractivity contribution in [1.82, 2.24) is 9.88 Å². The minimum Gasteiger partial charge on any atom is -0.312 e. The van der Waals surface area contributed by atoms with Crippen LogP contribution in [0, 0.1) is 6.92 Å². The third kappa shape index (κ3) is 2.34. The Morgan fingerprint density at radius 3 is 3.00 bits per heavy atom. The molecule has 23 heavy (non-hydrogen) atoms. The van der Waals surface area contributed by atoms with Crippen molar-refractivity contribution < 1.29 is 4.79 Å². The molecule has 1 aromatic heterocycles. The maximum atomic E-state index is 12.5. The van der Waals surface area contributed by atoms with E-state index in [2.05, 4.69) is 14.9 Å². The lowest BCUT2D eigenvalue weighted by atomic mass is 10.0. The maximum absolute atomic E-state index is 12.5. The van der Waals surface area contributed by atoms with Gasteiger partial charge in [-0.05, 0) is 30.7 Å². The highest BCUT2D eigenvalue weighted by atomic mass is 16.1. The molecule has 0 fully saturated rings. The van der Waals surface area contributed by atoms with E-state index in [0.29, 0.717) is 5.56 Å². The van der Waals surface area contributed by atoms with E-state index in [-0.39, 0.29) is 12.2 Å². The highest BCUT2D eigenvalue weighted by molar-refractivity contribution is 6.21. The molecule has 0 amide bonds. The van der Waals surface area contributed by atoms with Crippen molar-refractivity contribution in [3.05, 3.63) is 59.4 Å². The zero-order chi connectivity index (χ0) is 15.8. The molecule has 3 heterocycles. The number of ketones is 1. The van der Waals surface area contributed by atoms with Crippen molar-refractivity contribution in [1.29, 1.82) is 0 Å². The molecule has 0 saturated heterocycles. The molecule has 4 rings (SSSR count). The van der Waals surface area contributed by atoms with Crippen molar-refractivity contribution in [2.24, 2.45) is 9.98 Å². The molecule has 0 radical (unpaired) electrons. The Kier molecular flexibility index (Phi) is 3.26. The Morgan fingerprint density at radius 1 is 1.26 bits per heavy atom. The van der Waals surface area contributed by atoms with Gasteiger partial charge in [0.2, 0.25) is 0 Å². The van der Waals surface area contributed by atoms with Gasteiger partial charge >= 0.3 is 0 Å². The van der Waals surface area contributed by atoms with E-state index >= 15 is 0 Å². The summed E-state index contributed by atoms with van der Waals surface area (Å²) in [7, 11) is 0. The Labute approximate surface area is 134 Å². The first-order valence-corrected chi connectivity index (χ1v) is 7.67. The topological polar surface area (TPSA) is 57.9 Å². The third-order valence-corrected chi connectivity index (χ3v) is 4.17. The summed E-state index contributed by atoms with van der Waals surface area (Å²) in [5, 5.41) is 0. The quantitative estimate of drug-likeness (QED) is 0.819. The molecule has 5 nitrogen and oxygen atoms in total. The molecule has 0 spiro atoms. The van der Waals surface area contributed by atoms with Gasteiger partial charge in [0.1, 0.15) is 11.7 Å². The molecule has 1 aromatic carbocycles. The summed E-state index contributed by atoms with van der Waals surface area (Å²) < 4.78 is 0. The molecule has 114 valence electrons. The lowest BCUT2D eigenvalue weighted by molar-refractivity contribution is 0.0998. The molecule has 2 aliphatic heterocycles. The number of aryl methyl sites for hydroxylation is 1. The van der Waals surface area contributed by atoms with Gasteiger partial charge in [-0.3, -0.25) is 14.8 Å². The number of aromatic nitrogens is 1. The van der Waals surface area contributed by atoms with Crippen LogP contribution < -0.4 is 0 Å². The highest BCUT2D eigenvalue weighted by Crippen LogP contribution is 2.32. The molecule has 5 heteroatoms. The number of carbonyl (C=O) groups excluding carboxylic acids is 1. The minimum absolute atomic E-state index is 0.0279. The van der Waals surface area contributed by atoms with Gasteiger partial charge in [-0.15, -0.1) is 0 Å². The number of nitrogens with zero attached hydrogens (tertiary/aromatic N) is 4. The van der Waals surface area contributed by atoms with Gasteiger partial charge in [0.15, 0.2) is 5.78 Å². The Balaban J connectivity index is 1.73. The molecule has 0 bridgehead atoms. The Bertz CT molecular complexity index is 839. The predicted molar refractivity (Wildman–Crippen MR) is 89.6 cm³/mol. The van der Waals surface area contributed by atoms with Crippen LogP contribution in [0.1, 0.15) is 27.9 Å². The van der Waals surface area contributed by atoms with E-state index < -0.39 is 0 Å². The van der Waals surface area contributed by atoms with Crippen LogP contribution in [0.25, 0.3) is 0 Å². The molecular weight excluding hydrogens is 288 g/mol. The van der Waals surface area contributed by atoms with Crippen molar-refractivity contribution in [3.63, 3.8) is 0 Å². The number of hydrogen-bond donors (Lipinski definition) is 0. The number of carbonyl (C=O) groups is 1. The summed E-state index contributed by atoms with van der Waals surface area (Å²) >= 11 is 0. The van der Waals surface area contributed by atoms with Gasteiger partial charge < -0.3 is 4.90 Å². The van der Waals surface area contributed by atoms with Crippen LogP contribution in [-0.4, -0.2) is 40.4 Å². The van der Waals surface area contributed by atoms with E-state index in [0.717, 1.165) is 41.6 Å². The fraction of sp³-hybridized carbons (Fsp3) is 0.222. The maximum Gasteiger partial charge on any atom is 0.171 e. The molecule has 0 N–H and O–H groups in total. The largest absolute Gasteiger partial charge is 0.312 e. The van der Waals surface area contributed by atoms with Crippen LogP contribution in [0.5, 0.6) is 0 Å². The molecule has 2 aliphatic rings. The second-order valence-corrected chi connectivity index (χ2v) is 5.70. The molecule has 0 unspecified atom stereocenters. The number of benzene rings is 1. The summed E-state index contributed by atoms with van der Waals surface area (Å²) in [6.07, 6.45) is 3.53. The van der Waals surface area contributed by atoms with Gasteiger partial charge in [0.25, 0.3) is 0 Å². The van der Waals surface area contributed by atoms with Crippen LogP contribution in [0.3, 0.4) is 0 Å². The summed E-state index contributed by atoms with van der Waals surface area (Å²) in [5.41, 5.74) is 3.70. The number of aliphatic imine (C=N–C) groups is 2. The number of para-hydroxylation sites is 1. The van der Waals surface area contributed by atoms with Gasteiger partial charge in [-0.2, -0.15) is 0 Å². The first-order valence-electron chi connectivity index (χ1n) is 7.67. The van der Waals surface area contributed by atoms with Gasteiger partial charge in [0, 0.05) is 30.1 Å². The molecular formula is C18H16N4O. The lowest BCUT2D eigenvalue weighted by Gasteiger charge is -2.28. The van der Waals surface area contributed by atoms with E-state index in [1.54, 1.807) is 24.5 Å². The Morgan fingerprint density at radius 2 is 2.17 bits per heavy atom. The zero-order valence-electron chi connectivity index (χ0n) is 12.9. The van der Waals surface area contributed by atoms with Crippen molar-refractivity contribution in [2.75, 3.05) is 13.1 Å². The minimum atomic E-state index is 0.0279. The van der Waals surface area contributed by atoms with Crippen molar-refractivity contribution in [2.45, 2.75) is 13.3 Å². The van der Waals surface area contributed by atoms with Crippen LogP contribution in [0.4, 0.5) is 5.69 Å². The first kappa shape index (κ1) is 13.8. The smallest absolute Gasteiger partial charge is 0.171 e. The van der Waals surface area contributed by atoms with E-state index in [1.165, 1.54) is 0 Å². The second kappa shape index (κ2) is 5.43. The van der Waals surface area contributed by atoms with Crippen molar-refractivity contribution >= 4 is 23.1 Å². The SMILES string of the molecule is Cc1cccc2c1N=C(CC(=O)c1cccnc1)N1CCN=C21. The lowest BCUT2D eigenvalue weighted by Crippen LogP contribution is -2.38. The van der Waals surface area contributed by atoms with Gasteiger partial charge in [0.05, 0.1) is 18.7 Å². The fourth-order valence-corrected chi connectivity index (χ4v) is 3.01. The summed E-state index contributed by atoms with van der Waals surface area (Å²) in [4.78, 5) is 28.0. The normalized spacial score (nSPS) is 15.6. The third-order valence-electron chi connectivity index (χ3n) is 4.17. The zero-order valence-corrected chi connectivity index (χ0v) is 12.9. The van der Waals surface area contributed by atoms with E-state index in [9.17, 15) is 4.79 Å². The summed E-state index contributed by atoms with van der Waals surface area (Å²) in [5.74, 6) is 1.74. The number of hydrogen-bond acceptors (Lipinski definition) is 5. The number of fused-ring (bicyclic) bond motifs is 3. The average Bonchev–Trinajstić information content (AvgIpc) is 3.07. The average molecular weight is 304 g/mol. The number of amidine groups is 2. The Hall–Kier alpha value is -2.82. The number of rotatable bonds is 3.